The van der Waals surface area contributed by atoms with Crippen molar-refractivity contribution in [2.24, 2.45) is 4.99 Å². The van der Waals surface area contributed by atoms with Gasteiger partial charge in [-0.2, -0.15) is 0 Å². The molecular weight excluding hydrogens is 498 g/mol. The summed E-state index contributed by atoms with van der Waals surface area (Å²) in [6.45, 7) is 3.20. The average Bonchev–Trinajstić information content (AvgIpc) is 3.51. The van der Waals surface area contributed by atoms with E-state index in [9.17, 15) is 9.32 Å². The van der Waals surface area contributed by atoms with Crippen LogP contribution in [0.15, 0.2) is 52.6 Å². The van der Waals surface area contributed by atoms with Crippen LogP contribution in [0.2, 0.25) is 0 Å². The average molecular weight is 532 g/mol. The summed E-state index contributed by atoms with van der Waals surface area (Å²) >= 11 is 1.73. The lowest BCUT2D eigenvalue weighted by molar-refractivity contribution is 0.146. The fraction of sp³-hybridized carbons (Fsp3) is 0.400. The van der Waals surface area contributed by atoms with Gasteiger partial charge in [0.15, 0.2) is 0 Å². The highest BCUT2D eigenvalue weighted by Gasteiger charge is 2.25. The number of hydrogen-bond acceptors (Lipinski definition) is 8. The van der Waals surface area contributed by atoms with Crippen molar-refractivity contribution in [3.8, 4) is 5.75 Å². The number of pyridine rings is 1. The number of aromatic amines is 1. The van der Waals surface area contributed by atoms with Crippen molar-refractivity contribution >= 4 is 49.0 Å². The quantitative estimate of drug-likeness (QED) is 0.273. The van der Waals surface area contributed by atoms with E-state index in [4.69, 9.17) is 14.5 Å². The normalized spacial score (nSPS) is 17.4. The Hall–Kier alpha value is -2.57. The molecule has 2 unspecified atom stereocenters. The van der Waals surface area contributed by atoms with Gasteiger partial charge in [-0.05, 0) is 37.2 Å². The molecule has 3 aromatic rings. The van der Waals surface area contributed by atoms with Crippen LogP contribution in [-0.2, 0) is 14.4 Å². The second kappa shape index (κ2) is 11.7. The number of thioether (sulfide) groups is 1. The van der Waals surface area contributed by atoms with Gasteiger partial charge in [0, 0.05) is 50.1 Å². The number of nitrogens with one attached hydrogen (secondary N) is 1. The van der Waals surface area contributed by atoms with Gasteiger partial charge < -0.3 is 24.5 Å². The smallest absolute Gasteiger partial charge is 0.137 e. The van der Waals surface area contributed by atoms with Crippen molar-refractivity contribution < 1.29 is 18.8 Å². The zero-order valence-electron chi connectivity index (χ0n) is 20.8. The number of nitrogens with zero attached hydrogens (tertiary/aromatic N) is 4. The fourth-order valence-corrected chi connectivity index (χ4v) is 6.43. The van der Waals surface area contributed by atoms with Gasteiger partial charge in [-0.25, -0.2) is 9.19 Å². The zero-order valence-corrected chi connectivity index (χ0v) is 22.5. The molecule has 0 fully saturated rings. The minimum Gasteiger partial charge on any atom is -0.491 e. The predicted molar refractivity (Wildman–Crippen MR) is 149 cm³/mol. The van der Waals surface area contributed by atoms with Crippen molar-refractivity contribution in [3.05, 3.63) is 48.3 Å². The largest absolute Gasteiger partial charge is 0.491 e. The highest BCUT2D eigenvalue weighted by molar-refractivity contribution is 8.15. The van der Waals surface area contributed by atoms with E-state index in [1.807, 2.05) is 25.2 Å². The maximum Gasteiger partial charge on any atom is 0.137 e. The van der Waals surface area contributed by atoms with Gasteiger partial charge in [0.25, 0.3) is 0 Å². The van der Waals surface area contributed by atoms with E-state index in [2.05, 4.69) is 20.7 Å². The first-order valence-electron chi connectivity index (χ1n) is 11.6. The molecular formula is C25H33N5O4S2. The van der Waals surface area contributed by atoms with Crippen LogP contribution >= 0.6 is 11.8 Å². The number of aliphatic imine (C=N–C) groups is 1. The summed E-state index contributed by atoms with van der Waals surface area (Å²) in [4.78, 5) is 14.7. The lowest BCUT2D eigenvalue weighted by Crippen LogP contribution is -2.30. The van der Waals surface area contributed by atoms with Crippen molar-refractivity contribution in [1.82, 2.24) is 14.9 Å². The molecule has 1 aliphatic heterocycles. The number of rotatable bonds is 12. The van der Waals surface area contributed by atoms with Crippen LogP contribution < -0.4 is 9.04 Å². The Morgan fingerprint density at radius 3 is 2.83 bits per heavy atom. The van der Waals surface area contributed by atoms with E-state index in [0.717, 1.165) is 34.7 Å². The van der Waals surface area contributed by atoms with Crippen LogP contribution in [0.25, 0.3) is 10.9 Å². The minimum absolute atomic E-state index is 0.142. The molecule has 36 heavy (non-hydrogen) atoms. The molecule has 2 atom stereocenters. The first kappa shape index (κ1) is 26.5. The molecule has 0 radical (unpaired) electrons. The van der Waals surface area contributed by atoms with E-state index in [1.54, 1.807) is 54.6 Å². The molecule has 0 amide bonds. The van der Waals surface area contributed by atoms with Crippen molar-refractivity contribution in [2.45, 2.75) is 10.3 Å². The number of hydrogen-bond donors (Lipinski definition) is 2. The summed E-state index contributed by atoms with van der Waals surface area (Å²) in [6.07, 6.45) is 1.62. The van der Waals surface area contributed by atoms with E-state index < -0.39 is 9.71 Å². The Bertz CT molecular complexity index is 1310. The molecule has 2 N–H and O–H groups in total. The molecule has 0 aliphatic carbocycles. The van der Waals surface area contributed by atoms with Gasteiger partial charge in [-0.15, -0.1) is 0 Å². The third-order valence-electron chi connectivity index (χ3n) is 5.93. The van der Waals surface area contributed by atoms with Crippen LogP contribution in [-0.4, -0.2) is 101 Å². The SMILES string of the molecule is C=S(=O)(c1ccccn1)N(C)c1cc(OCCOC)cc2cc(C3=NCC(CN(C)CCO)S3)[nH]c12. The molecule has 1 aliphatic rings. The van der Waals surface area contributed by atoms with Gasteiger partial charge in [0.1, 0.15) is 22.4 Å². The monoisotopic (exact) mass is 531 g/mol. The topological polar surface area (TPSA) is 103 Å². The van der Waals surface area contributed by atoms with Crippen molar-refractivity contribution in [3.63, 3.8) is 0 Å². The molecule has 1 aromatic carbocycles. The van der Waals surface area contributed by atoms with Crippen LogP contribution in [0.3, 0.4) is 0 Å². The summed E-state index contributed by atoms with van der Waals surface area (Å²) in [7, 11) is 2.49. The highest BCUT2D eigenvalue weighted by Crippen LogP contribution is 2.36. The van der Waals surface area contributed by atoms with Crippen LogP contribution in [0.4, 0.5) is 5.69 Å². The Balaban J connectivity index is 1.68. The Labute approximate surface area is 216 Å². The number of aliphatic hydroxyl groups excluding tert-OH is 1. The molecule has 0 saturated carbocycles. The number of H-pyrrole nitrogens is 1. The number of aliphatic hydroxyl groups is 1. The number of aromatic nitrogens is 2. The van der Waals surface area contributed by atoms with Crippen molar-refractivity contribution in [2.75, 3.05) is 65.0 Å². The van der Waals surface area contributed by atoms with E-state index in [0.29, 0.717) is 41.5 Å². The molecule has 9 nitrogen and oxygen atoms in total. The second-order valence-electron chi connectivity index (χ2n) is 8.61. The number of anilines is 1. The number of likely N-dealkylation sites (N-methyl/N-ethyl adjacent to an activating group) is 1. The lowest BCUT2D eigenvalue weighted by Gasteiger charge is -2.24. The predicted octanol–water partition coefficient (Wildman–Crippen LogP) is 2.50. The maximum atomic E-state index is 13.8. The molecule has 3 heterocycles. The Morgan fingerprint density at radius 1 is 1.28 bits per heavy atom. The number of benzene rings is 1. The first-order chi connectivity index (χ1) is 17.3. The van der Waals surface area contributed by atoms with Gasteiger partial charge in [-0.3, -0.25) is 9.30 Å². The van der Waals surface area contributed by atoms with Gasteiger partial charge >= 0.3 is 0 Å². The third kappa shape index (κ3) is 5.87. The molecule has 11 heteroatoms. The first-order valence-corrected chi connectivity index (χ1v) is 14.2. The Kier molecular flexibility index (Phi) is 8.58. The van der Waals surface area contributed by atoms with E-state index in [1.165, 1.54) is 0 Å². The zero-order chi connectivity index (χ0) is 25.7. The Morgan fingerprint density at radius 2 is 2.11 bits per heavy atom. The standard InChI is InChI=1S/C25H33N5O4S2/c1-29(9-10-31)17-20-16-27-25(35-20)21-14-18-13-19(34-12-11-33-3)15-22(24(18)28-21)30(2)36(4,32)23-7-5-6-8-26-23/h5-8,13-15,20,28,31H,4,9-12,16-17H2,1-3H3. The van der Waals surface area contributed by atoms with Gasteiger partial charge in [0.2, 0.25) is 0 Å². The maximum absolute atomic E-state index is 13.8. The summed E-state index contributed by atoms with van der Waals surface area (Å²) in [5.41, 5.74) is 2.42. The van der Waals surface area contributed by atoms with Crippen LogP contribution in [0.5, 0.6) is 5.75 Å². The highest BCUT2D eigenvalue weighted by atomic mass is 32.2. The van der Waals surface area contributed by atoms with E-state index in [-0.39, 0.29) is 6.61 Å². The molecule has 0 spiro atoms. The number of methoxy groups -OCH3 is 1. The molecule has 0 saturated heterocycles. The molecule has 4 rings (SSSR count). The minimum atomic E-state index is -2.90. The van der Waals surface area contributed by atoms with Crippen molar-refractivity contribution in [1.29, 1.82) is 0 Å². The van der Waals surface area contributed by atoms with E-state index >= 15 is 0 Å². The molecule has 194 valence electrons. The summed E-state index contributed by atoms with van der Waals surface area (Å²) < 4.78 is 26.5. The third-order valence-corrected chi connectivity index (χ3v) is 9.11. The summed E-state index contributed by atoms with van der Waals surface area (Å²) in [5.74, 6) is 4.68. The lowest BCUT2D eigenvalue weighted by atomic mass is 10.2. The molecule has 0 bridgehead atoms. The van der Waals surface area contributed by atoms with Crippen LogP contribution in [0.1, 0.15) is 5.69 Å². The number of fused-ring (bicyclic) bond motifs is 1. The van der Waals surface area contributed by atoms with Crippen LogP contribution in [0, 0.1) is 0 Å². The fourth-order valence-electron chi connectivity index (χ4n) is 3.99. The van der Waals surface area contributed by atoms with Gasteiger partial charge in [0.05, 0.1) is 46.4 Å². The van der Waals surface area contributed by atoms with Gasteiger partial charge in [-0.1, -0.05) is 17.8 Å². The summed E-state index contributed by atoms with van der Waals surface area (Å²) in [5, 5.41) is 11.8. The number of ether oxygens (including phenoxy) is 2. The second-order valence-corrected chi connectivity index (χ2v) is 12.1. The molecule has 2 aromatic heterocycles. The summed E-state index contributed by atoms with van der Waals surface area (Å²) in [6, 6.07) is 11.2.